The fourth-order valence-electron chi connectivity index (χ4n) is 3.31. The molecule has 0 radical (unpaired) electrons. The van der Waals surface area contributed by atoms with Crippen molar-refractivity contribution >= 4 is 12.1 Å². The summed E-state index contributed by atoms with van der Waals surface area (Å²) in [5.74, 6) is 0.819. The summed E-state index contributed by atoms with van der Waals surface area (Å²) >= 11 is 0. The number of nitrogens with two attached hydrogens (primary N) is 1. The topological polar surface area (TPSA) is 90.6 Å². The first kappa shape index (κ1) is 20.7. The molecule has 6 heteroatoms. The Balaban J connectivity index is 2.42. The molecule has 6 nitrogen and oxygen atoms in total. The maximum Gasteiger partial charge on any atom is 0.407 e. The number of carbonyl (C=O) groups excluding carboxylic acids is 2. The van der Waals surface area contributed by atoms with Crippen molar-refractivity contribution in [3.05, 3.63) is 0 Å². The van der Waals surface area contributed by atoms with Gasteiger partial charge in [-0.3, -0.25) is 4.79 Å². The Morgan fingerprint density at radius 3 is 2.33 bits per heavy atom. The standard InChI is InChI=1S/C18H34N2O4/c1-13(21)23-12-10-14-5-7-15(8-6-14)16(9-11-19)20-17(22)24-18(2,3)4/h14-16H,5-12,19H2,1-4H3,(H,20,22)/t14-,15-,16?. The lowest BCUT2D eigenvalue weighted by molar-refractivity contribution is -0.141. The Kier molecular flexibility index (Phi) is 8.53. The van der Waals surface area contributed by atoms with Crippen LogP contribution in [-0.4, -0.2) is 36.9 Å². The van der Waals surface area contributed by atoms with Gasteiger partial charge >= 0.3 is 12.1 Å². The number of rotatable bonds is 7. The minimum absolute atomic E-state index is 0.0688. The van der Waals surface area contributed by atoms with Crippen molar-refractivity contribution in [3.8, 4) is 0 Å². The zero-order valence-electron chi connectivity index (χ0n) is 15.6. The number of amides is 1. The molecule has 0 saturated heterocycles. The smallest absolute Gasteiger partial charge is 0.407 e. The summed E-state index contributed by atoms with van der Waals surface area (Å²) in [4.78, 5) is 22.8. The van der Waals surface area contributed by atoms with E-state index in [2.05, 4.69) is 5.32 Å². The quantitative estimate of drug-likeness (QED) is 0.694. The van der Waals surface area contributed by atoms with Crippen LogP contribution in [0.4, 0.5) is 4.79 Å². The number of nitrogens with one attached hydrogen (secondary N) is 1. The molecule has 0 heterocycles. The number of esters is 1. The summed E-state index contributed by atoms with van der Waals surface area (Å²) in [5.41, 5.74) is 5.23. The van der Waals surface area contributed by atoms with E-state index in [0.29, 0.717) is 25.0 Å². The van der Waals surface area contributed by atoms with E-state index in [0.717, 1.165) is 38.5 Å². The average molecular weight is 342 g/mol. The van der Waals surface area contributed by atoms with E-state index in [1.165, 1.54) is 6.92 Å². The molecule has 1 aliphatic carbocycles. The molecule has 0 aliphatic heterocycles. The van der Waals surface area contributed by atoms with E-state index in [9.17, 15) is 9.59 Å². The molecule has 24 heavy (non-hydrogen) atoms. The number of ether oxygens (including phenoxy) is 2. The highest BCUT2D eigenvalue weighted by atomic mass is 16.6. The molecule has 1 fully saturated rings. The van der Waals surface area contributed by atoms with Gasteiger partial charge < -0.3 is 20.5 Å². The van der Waals surface area contributed by atoms with Crippen LogP contribution < -0.4 is 11.1 Å². The summed E-state index contributed by atoms with van der Waals surface area (Å²) in [5, 5.41) is 3.01. The lowest BCUT2D eigenvalue weighted by Gasteiger charge is -2.34. The Labute approximate surface area is 145 Å². The van der Waals surface area contributed by atoms with Crippen molar-refractivity contribution in [2.24, 2.45) is 17.6 Å². The summed E-state index contributed by atoms with van der Waals surface area (Å²) < 4.78 is 10.4. The molecule has 1 atom stereocenters. The van der Waals surface area contributed by atoms with Crippen LogP contribution >= 0.6 is 0 Å². The van der Waals surface area contributed by atoms with E-state index < -0.39 is 5.60 Å². The molecule has 0 bridgehead atoms. The van der Waals surface area contributed by atoms with Crippen molar-refractivity contribution in [2.75, 3.05) is 13.2 Å². The first-order chi connectivity index (χ1) is 11.2. The third-order valence-electron chi connectivity index (χ3n) is 4.47. The summed E-state index contributed by atoms with van der Waals surface area (Å²) in [6.45, 7) is 8.08. The zero-order valence-corrected chi connectivity index (χ0v) is 15.6. The maximum absolute atomic E-state index is 12.0. The molecular formula is C18H34N2O4. The van der Waals surface area contributed by atoms with Crippen LogP contribution in [0.15, 0.2) is 0 Å². The molecule has 1 rings (SSSR count). The van der Waals surface area contributed by atoms with Crippen molar-refractivity contribution in [1.82, 2.24) is 5.32 Å². The van der Waals surface area contributed by atoms with Gasteiger partial charge in [-0.05, 0) is 77.7 Å². The third kappa shape index (κ3) is 8.52. The van der Waals surface area contributed by atoms with E-state index in [1.807, 2.05) is 20.8 Å². The summed E-state index contributed by atoms with van der Waals surface area (Å²) in [7, 11) is 0. The maximum atomic E-state index is 12.0. The van der Waals surface area contributed by atoms with Gasteiger partial charge in [-0.2, -0.15) is 0 Å². The first-order valence-electron chi connectivity index (χ1n) is 9.04. The van der Waals surface area contributed by atoms with Gasteiger partial charge in [-0.15, -0.1) is 0 Å². The molecule has 1 unspecified atom stereocenters. The summed E-state index contributed by atoms with van der Waals surface area (Å²) in [6, 6.07) is 0.0688. The lowest BCUT2D eigenvalue weighted by Crippen LogP contribution is -2.45. The van der Waals surface area contributed by atoms with Gasteiger partial charge in [0.25, 0.3) is 0 Å². The van der Waals surface area contributed by atoms with Crippen molar-refractivity contribution in [1.29, 1.82) is 0 Å². The number of hydrogen-bond donors (Lipinski definition) is 2. The van der Waals surface area contributed by atoms with Crippen LogP contribution in [0.2, 0.25) is 0 Å². The Morgan fingerprint density at radius 2 is 1.83 bits per heavy atom. The molecule has 3 N–H and O–H groups in total. The molecule has 1 amide bonds. The number of hydrogen-bond acceptors (Lipinski definition) is 5. The number of alkyl carbamates (subject to hydrolysis) is 1. The van der Waals surface area contributed by atoms with Crippen LogP contribution in [0.25, 0.3) is 0 Å². The van der Waals surface area contributed by atoms with Crippen LogP contribution in [0.5, 0.6) is 0 Å². The molecule has 140 valence electrons. The van der Waals surface area contributed by atoms with Crippen LogP contribution in [0, 0.1) is 11.8 Å². The SMILES string of the molecule is CC(=O)OCC[C@H]1CC[C@H](C(CCN)NC(=O)OC(C)(C)C)CC1. The fraction of sp³-hybridized carbons (Fsp3) is 0.889. The average Bonchev–Trinajstić information content (AvgIpc) is 2.45. The predicted octanol–water partition coefficient (Wildman–Crippen LogP) is 2.99. The largest absolute Gasteiger partial charge is 0.466 e. The minimum Gasteiger partial charge on any atom is -0.466 e. The Bertz CT molecular complexity index is 398. The van der Waals surface area contributed by atoms with Crippen LogP contribution in [-0.2, 0) is 14.3 Å². The van der Waals surface area contributed by atoms with Crippen molar-refractivity contribution < 1.29 is 19.1 Å². The molecule has 0 aromatic carbocycles. The zero-order chi connectivity index (χ0) is 18.2. The lowest BCUT2D eigenvalue weighted by atomic mass is 9.77. The highest BCUT2D eigenvalue weighted by Crippen LogP contribution is 2.33. The van der Waals surface area contributed by atoms with Gasteiger partial charge in [0.2, 0.25) is 0 Å². The second-order valence-corrected chi connectivity index (χ2v) is 7.74. The van der Waals surface area contributed by atoms with Gasteiger partial charge in [-0.1, -0.05) is 0 Å². The van der Waals surface area contributed by atoms with Gasteiger partial charge in [0.1, 0.15) is 5.60 Å². The second kappa shape index (κ2) is 9.87. The second-order valence-electron chi connectivity index (χ2n) is 7.74. The van der Waals surface area contributed by atoms with Crippen molar-refractivity contribution in [2.45, 2.75) is 77.9 Å². The first-order valence-corrected chi connectivity index (χ1v) is 9.04. The molecule has 1 saturated carbocycles. The number of carbonyl (C=O) groups is 2. The van der Waals surface area contributed by atoms with Gasteiger partial charge in [0.15, 0.2) is 0 Å². The monoisotopic (exact) mass is 342 g/mol. The Morgan fingerprint density at radius 1 is 1.21 bits per heavy atom. The van der Waals surface area contributed by atoms with E-state index in [1.54, 1.807) is 0 Å². The molecular weight excluding hydrogens is 308 g/mol. The van der Waals surface area contributed by atoms with Gasteiger partial charge in [0.05, 0.1) is 6.61 Å². The van der Waals surface area contributed by atoms with Crippen molar-refractivity contribution in [3.63, 3.8) is 0 Å². The van der Waals surface area contributed by atoms with E-state index in [4.69, 9.17) is 15.2 Å². The van der Waals surface area contributed by atoms with Crippen LogP contribution in [0.1, 0.15) is 66.2 Å². The van der Waals surface area contributed by atoms with Gasteiger partial charge in [-0.25, -0.2) is 4.79 Å². The Hall–Kier alpha value is -1.30. The van der Waals surface area contributed by atoms with Gasteiger partial charge in [0, 0.05) is 13.0 Å². The van der Waals surface area contributed by atoms with E-state index >= 15 is 0 Å². The highest BCUT2D eigenvalue weighted by molar-refractivity contribution is 5.68. The molecule has 0 aromatic heterocycles. The third-order valence-corrected chi connectivity index (χ3v) is 4.47. The summed E-state index contributed by atoms with van der Waals surface area (Å²) in [6.07, 6.45) is 5.65. The normalized spacial score (nSPS) is 22.5. The van der Waals surface area contributed by atoms with E-state index in [-0.39, 0.29) is 18.1 Å². The predicted molar refractivity (Wildman–Crippen MR) is 93.5 cm³/mol. The van der Waals surface area contributed by atoms with Crippen LogP contribution in [0.3, 0.4) is 0 Å². The molecule has 0 spiro atoms. The fourth-order valence-corrected chi connectivity index (χ4v) is 3.31. The molecule has 1 aliphatic rings. The minimum atomic E-state index is -0.494. The highest BCUT2D eigenvalue weighted by Gasteiger charge is 2.29. The molecule has 0 aromatic rings.